The lowest BCUT2D eigenvalue weighted by atomic mass is 9.96. The van der Waals surface area contributed by atoms with Gasteiger partial charge in [0.1, 0.15) is 5.69 Å². The van der Waals surface area contributed by atoms with Crippen molar-refractivity contribution in [3.63, 3.8) is 0 Å². The van der Waals surface area contributed by atoms with E-state index in [1.807, 2.05) is 25.1 Å². The second-order valence-electron chi connectivity index (χ2n) is 8.89. The number of aromatic nitrogens is 4. The van der Waals surface area contributed by atoms with E-state index < -0.39 is 11.9 Å². The summed E-state index contributed by atoms with van der Waals surface area (Å²) in [5.41, 5.74) is 5.98. The van der Waals surface area contributed by atoms with Gasteiger partial charge in [0.05, 0.1) is 16.9 Å². The quantitative estimate of drug-likeness (QED) is 0.332. The molecule has 2 aromatic carbocycles. The molecule has 0 unspecified atom stereocenters. The number of nitrogens with zero attached hydrogens (tertiary/aromatic N) is 4. The van der Waals surface area contributed by atoms with Crippen LogP contribution in [0, 0.1) is 5.82 Å². The lowest BCUT2D eigenvalue weighted by Crippen LogP contribution is -2.38. The molecule has 182 valence electrons. The predicted octanol–water partition coefficient (Wildman–Crippen LogP) is 4.00. The van der Waals surface area contributed by atoms with Crippen LogP contribution in [-0.2, 0) is 19.4 Å². The number of amides is 1. The van der Waals surface area contributed by atoms with E-state index in [9.17, 15) is 14.3 Å². The fourth-order valence-corrected chi connectivity index (χ4v) is 4.57. The zero-order valence-electron chi connectivity index (χ0n) is 19.6. The van der Waals surface area contributed by atoms with Crippen molar-refractivity contribution >= 4 is 17.0 Å². The Bertz CT molecular complexity index is 1410. The second kappa shape index (κ2) is 9.03. The van der Waals surface area contributed by atoms with Gasteiger partial charge in [0.25, 0.3) is 0 Å². The molecule has 3 heterocycles. The molecule has 0 spiro atoms. The minimum Gasteiger partial charge on any atom is -0.505 e. The number of halogens is 1. The summed E-state index contributed by atoms with van der Waals surface area (Å²) in [6.45, 7) is 4.56. The topological polar surface area (TPSA) is 121 Å². The minimum absolute atomic E-state index is 0.343. The van der Waals surface area contributed by atoms with Crippen LogP contribution in [0.1, 0.15) is 23.9 Å². The largest absolute Gasteiger partial charge is 0.505 e. The van der Waals surface area contributed by atoms with Gasteiger partial charge < -0.3 is 20.1 Å². The number of fused-ring (bicyclic) bond motifs is 2. The number of aryl methyl sites for hydroxylation is 1. The van der Waals surface area contributed by atoms with Crippen LogP contribution < -0.4 is 0 Å². The molecular weight excluding hydrogens is 451 g/mol. The van der Waals surface area contributed by atoms with Crippen molar-refractivity contribution in [2.75, 3.05) is 26.7 Å². The van der Waals surface area contributed by atoms with E-state index in [0.29, 0.717) is 37.6 Å². The number of carbonyl (C=O) groups is 1. The third-order valence-corrected chi connectivity index (χ3v) is 6.64. The Hall–Kier alpha value is -3.92. The number of hydrogen-bond acceptors (Lipinski definition) is 5. The molecule has 9 nitrogen and oxygen atoms in total. The van der Waals surface area contributed by atoms with Gasteiger partial charge >= 0.3 is 6.09 Å². The summed E-state index contributed by atoms with van der Waals surface area (Å²) in [6.07, 6.45) is 0.514. The highest BCUT2D eigenvalue weighted by atomic mass is 19.1. The highest BCUT2D eigenvalue weighted by Gasteiger charge is 2.23. The van der Waals surface area contributed by atoms with Crippen molar-refractivity contribution in [2.45, 2.75) is 26.3 Å². The number of likely N-dealkylation sites (N-methyl/N-ethyl adjacent to an activating group) is 1. The first-order valence-corrected chi connectivity index (χ1v) is 11.6. The van der Waals surface area contributed by atoms with Crippen molar-refractivity contribution in [3.8, 4) is 28.4 Å². The van der Waals surface area contributed by atoms with E-state index in [1.165, 1.54) is 17.0 Å². The normalized spacial score (nSPS) is 13.8. The summed E-state index contributed by atoms with van der Waals surface area (Å²) in [4.78, 5) is 22.7. The maximum atomic E-state index is 14.1. The first kappa shape index (κ1) is 22.9. The number of aromatic amines is 2. The Morgan fingerprint density at radius 3 is 2.89 bits per heavy atom. The minimum atomic E-state index is -0.929. The predicted molar refractivity (Wildman–Crippen MR) is 130 cm³/mol. The van der Waals surface area contributed by atoms with Crippen LogP contribution in [0.15, 0.2) is 30.3 Å². The van der Waals surface area contributed by atoms with Crippen molar-refractivity contribution < 1.29 is 19.4 Å². The zero-order chi connectivity index (χ0) is 24.7. The highest BCUT2D eigenvalue weighted by molar-refractivity contribution is 5.94. The molecule has 35 heavy (non-hydrogen) atoms. The Kier molecular flexibility index (Phi) is 5.89. The summed E-state index contributed by atoms with van der Waals surface area (Å²) < 4.78 is 14.1. The molecule has 1 amide bonds. The maximum absolute atomic E-state index is 14.1. The van der Waals surface area contributed by atoms with Gasteiger partial charge in [0, 0.05) is 45.0 Å². The molecule has 10 heteroatoms. The van der Waals surface area contributed by atoms with Crippen LogP contribution in [0.3, 0.4) is 0 Å². The van der Waals surface area contributed by atoms with Gasteiger partial charge in [-0.2, -0.15) is 5.10 Å². The third-order valence-electron chi connectivity index (χ3n) is 6.64. The molecule has 5 rings (SSSR count). The molecule has 0 bridgehead atoms. The first-order valence-electron chi connectivity index (χ1n) is 11.6. The van der Waals surface area contributed by atoms with Gasteiger partial charge in [-0.15, -0.1) is 0 Å². The van der Waals surface area contributed by atoms with Crippen LogP contribution in [-0.4, -0.2) is 73.0 Å². The number of hydrogen-bond donors (Lipinski definition) is 4. The number of rotatable bonds is 6. The monoisotopic (exact) mass is 478 g/mol. The third kappa shape index (κ3) is 4.32. The molecule has 0 aliphatic carbocycles. The van der Waals surface area contributed by atoms with Crippen LogP contribution >= 0.6 is 0 Å². The van der Waals surface area contributed by atoms with Crippen LogP contribution in [0.2, 0.25) is 0 Å². The Labute approximate surface area is 201 Å². The van der Waals surface area contributed by atoms with Crippen LogP contribution in [0.25, 0.3) is 33.5 Å². The summed E-state index contributed by atoms with van der Waals surface area (Å²) in [5, 5.41) is 27.3. The second-order valence-corrected chi connectivity index (χ2v) is 8.89. The molecule has 1 aliphatic rings. The number of imidazole rings is 1. The summed E-state index contributed by atoms with van der Waals surface area (Å²) in [7, 11) is 1.57. The van der Waals surface area contributed by atoms with E-state index in [1.54, 1.807) is 7.05 Å². The average Bonchev–Trinajstić information content (AvgIpc) is 3.46. The highest BCUT2D eigenvalue weighted by Crippen LogP contribution is 2.34. The van der Waals surface area contributed by atoms with Crippen molar-refractivity contribution in [1.29, 1.82) is 0 Å². The van der Waals surface area contributed by atoms with Gasteiger partial charge in [-0.1, -0.05) is 13.0 Å². The van der Waals surface area contributed by atoms with Gasteiger partial charge in [-0.25, -0.2) is 14.2 Å². The van der Waals surface area contributed by atoms with E-state index in [2.05, 4.69) is 20.1 Å². The van der Waals surface area contributed by atoms with E-state index in [0.717, 1.165) is 51.9 Å². The Balaban J connectivity index is 1.40. The van der Waals surface area contributed by atoms with E-state index >= 15 is 0 Å². The molecule has 1 aliphatic heterocycles. The fourth-order valence-electron chi connectivity index (χ4n) is 4.57. The molecule has 4 aromatic rings. The summed E-state index contributed by atoms with van der Waals surface area (Å²) in [5.74, 6) is -0.305. The molecule has 0 atom stereocenters. The first-order chi connectivity index (χ1) is 16.8. The Morgan fingerprint density at radius 1 is 1.29 bits per heavy atom. The molecule has 0 radical (unpaired) electrons. The van der Waals surface area contributed by atoms with Crippen LogP contribution in [0.5, 0.6) is 5.75 Å². The molecular formula is C25H27FN6O3. The summed E-state index contributed by atoms with van der Waals surface area (Å²) in [6, 6.07) is 8.65. The van der Waals surface area contributed by atoms with Crippen LogP contribution in [0.4, 0.5) is 9.18 Å². The lowest BCUT2D eigenvalue weighted by Gasteiger charge is -2.27. The Morgan fingerprint density at radius 2 is 2.11 bits per heavy atom. The fraction of sp³-hybridized carbons (Fsp3) is 0.320. The van der Waals surface area contributed by atoms with E-state index in [4.69, 9.17) is 10.1 Å². The standard InChI is InChI=1S/C25H27FN6O3/c1-3-14-11-22(33)18(26)12-17(14)15-4-5-16-20(10-15)29-30-23(16)24-27-19-6-7-32(13-21(19)28-24)9-8-31(2)25(34)35/h4-5,10-12,33H,3,6-9,13H2,1-2H3,(H,27,28)(H,29,30)(H,34,35). The molecule has 0 saturated carbocycles. The molecule has 0 saturated heterocycles. The number of phenols is 1. The maximum Gasteiger partial charge on any atom is 0.407 e. The number of phenolic OH excluding ortho intramolecular Hbond substituents is 1. The number of benzene rings is 2. The van der Waals surface area contributed by atoms with Crippen molar-refractivity contribution in [3.05, 3.63) is 53.1 Å². The number of H-pyrrole nitrogens is 2. The zero-order valence-corrected chi connectivity index (χ0v) is 19.6. The van der Waals surface area contributed by atoms with Gasteiger partial charge in [0.2, 0.25) is 0 Å². The molecule has 2 aromatic heterocycles. The number of aromatic hydroxyl groups is 1. The lowest BCUT2D eigenvalue weighted by molar-refractivity contribution is 0.145. The summed E-state index contributed by atoms with van der Waals surface area (Å²) >= 11 is 0. The van der Waals surface area contributed by atoms with Gasteiger partial charge in [-0.3, -0.25) is 10.00 Å². The van der Waals surface area contributed by atoms with Crippen molar-refractivity contribution in [1.82, 2.24) is 30.0 Å². The van der Waals surface area contributed by atoms with Gasteiger partial charge in [-0.05, 0) is 47.4 Å². The number of nitrogens with one attached hydrogen (secondary N) is 2. The number of carboxylic acid groups (broad SMARTS) is 1. The van der Waals surface area contributed by atoms with Crippen molar-refractivity contribution in [2.24, 2.45) is 0 Å². The average molecular weight is 479 g/mol. The SMILES string of the molecule is CCc1cc(O)c(F)cc1-c1ccc2c(-c3nc4c([nH]3)CN(CCN(C)C(=O)O)CC4)n[nH]c2c1. The smallest absolute Gasteiger partial charge is 0.407 e. The molecule has 0 fully saturated rings. The molecule has 4 N–H and O–H groups in total. The van der Waals surface area contributed by atoms with Gasteiger partial charge in [0.15, 0.2) is 17.4 Å². The van der Waals surface area contributed by atoms with E-state index in [-0.39, 0.29) is 5.75 Å².